The van der Waals surface area contributed by atoms with E-state index in [1.54, 1.807) is 0 Å². The molecular weight excluding hydrogens is 378 g/mol. The van der Waals surface area contributed by atoms with Crippen LogP contribution in [0.4, 0.5) is 5.13 Å². The fraction of sp³-hybridized carbons (Fsp3) is 0.400. The second kappa shape index (κ2) is 8.31. The van der Waals surface area contributed by atoms with Gasteiger partial charge in [-0.2, -0.15) is 9.36 Å². The Morgan fingerprint density at radius 1 is 1.11 bits per heavy atom. The first-order chi connectivity index (χ1) is 13.2. The Kier molecular flexibility index (Phi) is 5.64. The molecule has 2 aromatic heterocycles. The van der Waals surface area contributed by atoms with Crippen molar-refractivity contribution < 1.29 is 0 Å². The summed E-state index contributed by atoms with van der Waals surface area (Å²) in [6.07, 6.45) is 4.02. The predicted octanol–water partition coefficient (Wildman–Crippen LogP) is 4.34. The fourth-order valence-electron chi connectivity index (χ4n) is 3.60. The summed E-state index contributed by atoms with van der Waals surface area (Å²) in [5, 5.41) is 1.27. The van der Waals surface area contributed by atoms with Crippen LogP contribution in [0.2, 0.25) is 5.28 Å². The molecule has 1 saturated heterocycles. The van der Waals surface area contributed by atoms with E-state index in [1.165, 1.54) is 17.1 Å². The Morgan fingerprint density at radius 3 is 2.59 bits per heavy atom. The SMILES string of the molecule is Cc1cc(Cc2ccccc2)nc(CC2CCN(c3nc(Cl)ns3)CC2)n1. The zero-order valence-corrected chi connectivity index (χ0v) is 16.9. The lowest BCUT2D eigenvalue weighted by Crippen LogP contribution is -2.34. The van der Waals surface area contributed by atoms with Gasteiger partial charge >= 0.3 is 0 Å². The third kappa shape index (κ3) is 4.82. The molecule has 1 aromatic carbocycles. The van der Waals surface area contributed by atoms with Crippen LogP contribution in [0.5, 0.6) is 0 Å². The second-order valence-electron chi connectivity index (χ2n) is 7.06. The molecule has 140 valence electrons. The zero-order chi connectivity index (χ0) is 18.6. The minimum absolute atomic E-state index is 0.344. The van der Waals surface area contributed by atoms with Crippen LogP contribution in [-0.2, 0) is 12.8 Å². The third-order valence-corrected chi connectivity index (χ3v) is 5.97. The minimum Gasteiger partial charge on any atom is -0.347 e. The number of aromatic nitrogens is 4. The summed E-state index contributed by atoms with van der Waals surface area (Å²) in [5.74, 6) is 1.58. The van der Waals surface area contributed by atoms with Crippen LogP contribution in [0, 0.1) is 12.8 Å². The van der Waals surface area contributed by atoms with E-state index in [9.17, 15) is 0 Å². The Labute approximate surface area is 168 Å². The quantitative estimate of drug-likeness (QED) is 0.638. The van der Waals surface area contributed by atoms with Crippen molar-refractivity contribution in [2.24, 2.45) is 5.92 Å². The number of aryl methyl sites for hydroxylation is 1. The first-order valence-corrected chi connectivity index (χ1v) is 10.4. The molecule has 5 nitrogen and oxygen atoms in total. The summed E-state index contributed by atoms with van der Waals surface area (Å²) < 4.78 is 4.07. The molecule has 0 spiro atoms. The summed E-state index contributed by atoms with van der Waals surface area (Å²) in [4.78, 5) is 16.1. The van der Waals surface area contributed by atoms with Crippen molar-refractivity contribution in [3.63, 3.8) is 0 Å². The van der Waals surface area contributed by atoms with Crippen LogP contribution in [0.25, 0.3) is 0 Å². The van der Waals surface area contributed by atoms with Crippen LogP contribution in [0.15, 0.2) is 36.4 Å². The van der Waals surface area contributed by atoms with Gasteiger partial charge in [0.25, 0.3) is 0 Å². The highest BCUT2D eigenvalue weighted by Gasteiger charge is 2.23. The molecule has 0 aliphatic carbocycles. The maximum absolute atomic E-state index is 5.85. The number of benzene rings is 1. The van der Waals surface area contributed by atoms with Crippen LogP contribution < -0.4 is 4.90 Å². The lowest BCUT2D eigenvalue weighted by molar-refractivity contribution is 0.396. The number of hydrogen-bond donors (Lipinski definition) is 0. The average molecular weight is 400 g/mol. The van der Waals surface area contributed by atoms with E-state index >= 15 is 0 Å². The molecule has 7 heteroatoms. The molecule has 0 amide bonds. The molecule has 0 radical (unpaired) electrons. The number of nitrogens with zero attached hydrogens (tertiary/aromatic N) is 5. The van der Waals surface area contributed by atoms with Crippen LogP contribution >= 0.6 is 23.1 Å². The van der Waals surface area contributed by atoms with Crippen LogP contribution in [-0.4, -0.2) is 32.4 Å². The van der Waals surface area contributed by atoms with Gasteiger partial charge in [0.2, 0.25) is 10.4 Å². The number of hydrogen-bond acceptors (Lipinski definition) is 6. The smallest absolute Gasteiger partial charge is 0.236 e. The molecule has 0 bridgehead atoms. The standard InChI is InChI=1S/C20H22ClN5S/c1-14-11-17(12-15-5-3-2-4-6-15)23-18(22-14)13-16-7-9-26(10-8-16)20-24-19(21)25-27-20/h2-6,11,16H,7-10,12-13H2,1H3. The molecule has 1 aliphatic heterocycles. The molecule has 1 aliphatic rings. The number of halogens is 1. The van der Waals surface area contributed by atoms with Gasteiger partial charge in [0.1, 0.15) is 5.82 Å². The topological polar surface area (TPSA) is 54.8 Å². The molecule has 3 aromatic rings. The normalized spacial score (nSPS) is 15.3. The van der Waals surface area contributed by atoms with Crippen molar-refractivity contribution in [3.8, 4) is 0 Å². The van der Waals surface area contributed by atoms with Gasteiger partial charge in [-0.15, -0.1) is 0 Å². The molecule has 1 fully saturated rings. The summed E-state index contributed by atoms with van der Waals surface area (Å²) >= 11 is 7.22. The Bertz CT molecular complexity index is 890. The van der Waals surface area contributed by atoms with Crippen molar-refractivity contribution >= 4 is 28.3 Å². The van der Waals surface area contributed by atoms with Crippen LogP contribution in [0.1, 0.15) is 35.6 Å². The highest BCUT2D eigenvalue weighted by molar-refractivity contribution is 7.10. The van der Waals surface area contributed by atoms with Crippen LogP contribution in [0.3, 0.4) is 0 Å². The van der Waals surface area contributed by atoms with Crippen molar-refractivity contribution in [1.82, 2.24) is 19.3 Å². The monoisotopic (exact) mass is 399 g/mol. The largest absolute Gasteiger partial charge is 0.347 e. The lowest BCUT2D eigenvalue weighted by Gasteiger charge is -2.31. The van der Waals surface area contributed by atoms with E-state index in [4.69, 9.17) is 16.6 Å². The van der Waals surface area contributed by atoms with E-state index in [0.717, 1.165) is 61.1 Å². The van der Waals surface area contributed by atoms with E-state index in [-0.39, 0.29) is 0 Å². The fourth-order valence-corrected chi connectivity index (χ4v) is 4.46. The Morgan fingerprint density at radius 2 is 1.89 bits per heavy atom. The van der Waals surface area contributed by atoms with Gasteiger partial charge in [-0.05, 0) is 48.9 Å². The van der Waals surface area contributed by atoms with Crippen molar-refractivity contribution in [3.05, 3.63) is 64.5 Å². The summed E-state index contributed by atoms with van der Waals surface area (Å²) in [5.41, 5.74) is 3.43. The van der Waals surface area contributed by atoms with Gasteiger partial charge in [0.15, 0.2) is 0 Å². The zero-order valence-electron chi connectivity index (χ0n) is 15.3. The Hall–Kier alpha value is -2.05. The van der Waals surface area contributed by atoms with Gasteiger partial charge in [0.05, 0.1) is 0 Å². The Balaban J connectivity index is 1.38. The van der Waals surface area contributed by atoms with E-state index in [1.807, 2.05) is 6.07 Å². The average Bonchev–Trinajstić information content (AvgIpc) is 3.09. The highest BCUT2D eigenvalue weighted by atomic mass is 35.5. The first kappa shape index (κ1) is 18.3. The van der Waals surface area contributed by atoms with Crippen molar-refractivity contribution in [1.29, 1.82) is 0 Å². The molecule has 0 saturated carbocycles. The van der Waals surface area contributed by atoms with E-state index in [0.29, 0.717) is 11.2 Å². The maximum atomic E-state index is 5.85. The number of anilines is 1. The lowest BCUT2D eigenvalue weighted by atomic mass is 9.93. The van der Waals surface area contributed by atoms with Crippen molar-refractivity contribution in [2.45, 2.75) is 32.6 Å². The molecule has 0 atom stereocenters. The number of rotatable bonds is 5. The van der Waals surface area contributed by atoms with Gasteiger partial charge in [0, 0.05) is 48.9 Å². The molecule has 0 unspecified atom stereocenters. The first-order valence-electron chi connectivity index (χ1n) is 9.27. The summed E-state index contributed by atoms with van der Waals surface area (Å²) in [7, 11) is 0. The van der Waals surface area contributed by atoms with Gasteiger partial charge < -0.3 is 4.90 Å². The summed E-state index contributed by atoms with van der Waals surface area (Å²) in [6.45, 7) is 4.03. The minimum atomic E-state index is 0.344. The molecule has 3 heterocycles. The molecule has 0 N–H and O–H groups in total. The second-order valence-corrected chi connectivity index (χ2v) is 8.13. The molecular formula is C20H22ClN5S. The van der Waals surface area contributed by atoms with E-state index < -0.39 is 0 Å². The van der Waals surface area contributed by atoms with Gasteiger partial charge in [-0.25, -0.2) is 9.97 Å². The predicted molar refractivity (Wildman–Crippen MR) is 110 cm³/mol. The van der Waals surface area contributed by atoms with Gasteiger partial charge in [-0.3, -0.25) is 0 Å². The van der Waals surface area contributed by atoms with Crippen molar-refractivity contribution in [2.75, 3.05) is 18.0 Å². The third-order valence-electron chi connectivity index (χ3n) is 4.93. The van der Waals surface area contributed by atoms with E-state index in [2.05, 4.69) is 56.5 Å². The highest BCUT2D eigenvalue weighted by Crippen LogP contribution is 2.27. The van der Waals surface area contributed by atoms with Gasteiger partial charge in [-0.1, -0.05) is 30.3 Å². The number of piperidine rings is 1. The molecule has 27 heavy (non-hydrogen) atoms. The summed E-state index contributed by atoms with van der Waals surface area (Å²) in [6, 6.07) is 12.6. The maximum Gasteiger partial charge on any atom is 0.236 e. The molecule has 4 rings (SSSR count).